The Labute approximate surface area is 225 Å². The fraction of sp³-hybridized carbons (Fsp3) is 0.536. The molecule has 0 radical (unpaired) electrons. The number of aliphatic hydroxyl groups is 2. The second kappa shape index (κ2) is 14.0. The van der Waals surface area contributed by atoms with E-state index in [0.29, 0.717) is 25.2 Å². The lowest BCUT2D eigenvalue weighted by Crippen LogP contribution is -2.44. The maximum Gasteiger partial charge on any atom is 0.306 e. The molecule has 10 heteroatoms. The van der Waals surface area contributed by atoms with Crippen LogP contribution in [0.3, 0.4) is 0 Å². The summed E-state index contributed by atoms with van der Waals surface area (Å²) in [6.45, 7) is 4.32. The number of carbonyl (C=O) groups excluding carboxylic acids is 1. The molecular formula is C28H39NO8S. The summed E-state index contributed by atoms with van der Waals surface area (Å²) in [5.41, 5.74) is 0.902. The molecule has 1 aliphatic heterocycles. The van der Waals surface area contributed by atoms with Crippen molar-refractivity contribution in [1.29, 1.82) is 0 Å². The molecule has 1 saturated heterocycles. The third-order valence-corrected chi connectivity index (χ3v) is 8.37. The zero-order valence-corrected chi connectivity index (χ0v) is 23.0. The highest BCUT2D eigenvalue weighted by atomic mass is 32.2. The predicted octanol–water partition coefficient (Wildman–Crippen LogP) is 2.64. The van der Waals surface area contributed by atoms with E-state index in [9.17, 15) is 23.4 Å². The van der Waals surface area contributed by atoms with Crippen LogP contribution in [0.4, 0.5) is 0 Å². The van der Waals surface area contributed by atoms with Gasteiger partial charge in [0.25, 0.3) is 0 Å². The first-order valence-electron chi connectivity index (χ1n) is 12.9. The van der Waals surface area contributed by atoms with Crippen molar-refractivity contribution < 1.29 is 37.6 Å². The number of carbonyl (C=O) groups is 1. The predicted molar refractivity (Wildman–Crippen MR) is 142 cm³/mol. The Bertz CT molecular complexity index is 1110. The fourth-order valence-electron chi connectivity index (χ4n) is 4.44. The number of aliphatic hydroxyl groups excluding tert-OH is 2. The second-order valence-corrected chi connectivity index (χ2v) is 12.0. The van der Waals surface area contributed by atoms with E-state index in [1.165, 1.54) is 23.5 Å². The molecule has 0 saturated carbocycles. The largest absolute Gasteiger partial charge is 0.497 e. The number of hydrogen-bond acceptors (Lipinski definition) is 8. The van der Waals surface area contributed by atoms with Crippen molar-refractivity contribution in [3.63, 3.8) is 0 Å². The van der Waals surface area contributed by atoms with E-state index in [0.717, 1.165) is 5.56 Å². The fourth-order valence-corrected chi connectivity index (χ4v) is 6.06. The molecule has 2 unspecified atom stereocenters. The van der Waals surface area contributed by atoms with Crippen molar-refractivity contribution in [3.8, 4) is 5.75 Å². The molecule has 2 aromatic carbocycles. The van der Waals surface area contributed by atoms with Crippen LogP contribution in [0.15, 0.2) is 59.5 Å². The molecule has 0 spiro atoms. The van der Waals surface area contributed by atoms with Crippen LogP contribution in [0, 0.1) is 11.8 Å². The van der Waals surface area contributed by atoms with E-state index in [1.54, 1.807) is 12.1 Å². The highest BCUT2D eigenvalue weighted by Crippen LogP contribution is 2.25. The minimum atomic E-state index is -3.93. The molecule has 3 rings (SSSR count). The molecule has 0 bridgehead atoms. The van der Waals surface area contributed by atoms with E-state index in [1.807, 2.05) is 44.2 Å². The molecule has 4 atom stereocenters. The maximum atomic E-state index is 13.5. The third kappa shape index (κ3) is 8.51. The standard InChI is InChI=1S/C28H39NO8S/c1-20(2)17-29(38(33,34)24-11-9-23(35-3)10-12-24)18-26(31)22(15-21-7-5-4-6-8-21)16-28(32)37-27-19-36-14-13-25(27)30/h4-12,20,22,25-27,30-31H,13-19H2,1-3H3/t22-,25?,26-,27?/m1/s1. The Balaban J connectivity index is 1.80. The Morgan fingerprint density at radius 2 is 1.79 bits per heavy atom. The number of hydrogen-bond donors (Lipinski definition) is 2. The Kier molecular flexibility index (Phi) is 11.1. The number of benzene rings is 2. The van der Waals surface area contributed by atoms with Gasteiger partial charge in [-0.3, -0.25) is 4.79 Å². The highest BCUT2D eigenvalue weighted by molar-refractivity contribution is 7.89. The van der Waals surface area contributed by atoms with Crippen LogP contribution < -0.4 is 4.74 Å². The summed E-state index contributed by atoms with van der Waals surface area (Å²) in [4.78, 5) is 13.0. The Morgan fingerprint density at radius 1 is 1.11 bits per heavy atom. The summed E-state index contributed by atoms with van der Waals surface area (Å²) >= 11 is 0. The summed E-state index contributed by atoms with van der Waals surface area (Å²) < 4.78 is 44.3. The van der Waals surface area contributed by atoms with E-state index in [4.69, 9.17) is 14.2 Å². The van der Waals surface area contributed by atoms with E-state index in [2.05, 4.69) is 0 Å². The maximum absolute atomic E-state index is 13.5. The molecule has 0 amide bonds. The summed E-state index contributed by atoms with van der Waals surface area (Å²) in [6.07, 6.45) is -2.14. The highest BCUT2D eigenvalue weighted by Gasteiger charge is 2.33. The van der Waals surface area contributed by atoms with Crippen LogP contribution in [0.2, 0.25) is 0 Å². The summed E-state index contributed by atoms with van der Waals surface area (Å²) in [6, 6.07) is 15.5. The van der Waals surface area contributed by atoms with E-state index in [-0.39, 0.29) is 36.9 Å². The molecule has 9 nitrogen and oxygen atoms in total. The van der Waals surface area contributed by atoms with Crippen molar-refractivity contribution >= 4 is 16.0 Å². The molecule has 0 aromatic heterocycles. The van der Waals surface area contributed by atoms with Gasteiger partial charge in [-0.2, -0.15) is 4.31 Å². The number of methoxy groups -OCH3 is 1. The van der Waals surface area contributed by atoms with Crippen LogP contribution in [-0.2, 0) is 30.7 Å². The first-order chi connectivity index (χ1) is 18.1. The molecule has 1 heterocycles. The van der Waals surface area contributed by atoms with Gasteiger partial charge in [-0.25, -0.2) is 8.42 Å². The van der Waals surface area contributed by atoms with Gasteiger partial charge in [0.05, 0.1) is 37.2 Å². The first kappa shape index (κ1) is 30.0. The molecule has 1 aliphatic rings. The van der Waals surface area contributed by atoms with E-state index >= 15 is 0 Å². The Hall–Kier alpha value is -2.50. The molecule has 2 N–H and O–H groups in total. The van der Waals surface area contributed by atoms with Crippen LogP contribution in [0.25, 0.3) is 0 Å². The summed E-state index contributed by atoms with van der Waals surface area (Å²) in [7, 11) is -2.42. The summed E-state index contributed by atoms with van der Waals surface area (Å²) in [5.74, 6) is -0.657. The minimum Gasteiger partial charge on any atom is -0.497 e. The van der Waals surface area contributed by atoms with Gasteiger partial charge in [0, 0.05) is 32.0 Å². The van der Waals surface area contributed by atoms with Gasteiger partial charge in [-0.15, -0.1) is 0 Å². The zero-order valence-electron chi connectivity index (χ0n) is 22.2. The molecule has 1 fully saturated rings. The molecule has 210 valence electrons. The monoisotopic (exact) mass is 549 g/mol. The van der Waals surface area contributed by atoms with Gasteiger partial charge in [0.1, 0.15) is 5.75 Å². The normalized spacial score (nSPS) is 19.8. The number of nitrogens with zero attached hydrogens (tertiary/aromatic N) is 1. The van der Waals surface area contributed by atoms with Gasteiger partial charge in [0.2, 0.25) is 10.0 Å². The lowest BCUT2D eigenvalue weighted by molar-refractivity contribution is -0.169. The average molecular weight is 550 g/mol. The van der Waals surface area contributed by atoms with Crippen molar-refractivity contribution in [3.05, 3.63) is 60.2 Å². The van der Waals surface area contributed by atoms with Crippen LogP contribution in [-0.4, -0.2) is 80.6 Å². The van der Waals surface area contributed by atoms with Gasteiger partial charge >= 0.3 is 5.97 Å². The topological polar surface area (TPSA) is 123 Å². The van der Waals surface area contributed by atoms with Gasteiger partial charge in [0.15, 0.2) is 6.10 Å². The van der Waals surface area contributed by atoms with Crippen LogP contribution in [0.5, 0.6) is 5.75 Å². The van der Waals surface area contributed by atoms with Gasteiger partial charge < -0.3 is 24.4 Å². The first-order valence-corrected chi connectivity index (χ1v) is 14.4. The molecule has 2 aromatic rings. The smallest absolute Gasteiger partial charge is 0.306 e. The molecule has 0 aliphatic carbocycles. The Morgan fingerprint density at radius 3 is 2.39 bits per heavy atom. The number of esters is 1. The van der Waals surface area contributed by atoms with Crippen molar-refractivity contribution in [2.75, 3.05) is 33.4 Å². The van der Waals surface area contributed by atoms with Crippen LogP contribution >= 0.6 is 0 Å². The lowest BCUT2D eigenvalue weighted by Gasteiger charge is -2.31. The number of rotatable bonds is 13. The summed E-state index contributed by atoms with van der Waals surface area (Å²) in [5, 5.41) is 21.5. The lowest BCUT2D eigenvalue weighted by atomic mass is 9.90. The average Bonchev–Trinajstić information content (AvgIpc) is 2.89. The van der Waals surface area contributed by atoms with Crippen molar-refractivity contribution in [1.82, 2.24) is 4.31 Å². The second-order valence-electron chi connectivity index (χ2n) is 10.1. The van der Waals surface area contributed by atoms with E-state index < -0.39 is 40.2 Å². The van der Waals surface area contributed by atoms with Gasteiger partial charge in [-0.1, -0.05) is 44.2 Å². The minimum absolute atomic E-state index is 0.000510. The SMILES string of the molecule is COc1ccc(S(=O)(=O)N(CC(C)C)C[C@@H](O)[C@@H](CC(=O)OC2COCCC2O)Cc2ccccc2)cc1. The third-order valence-electron chi connectivity index (χ3n) is 6.52. The number of sulfonamides is 1. The number of ether oxygens (including phenoxy) is 3. The molecular weight excluding hydrogens is 510 g/mol. The molecule has 38 heavy (non-hydrogen) atoms. The van der Waals surface area contributed by atoms with Gasteiger partial charge in [-0.05, 0) is 42.2 Å². The quantitative estimate of drug-likeness (QED) is 0.366. The van der Waals surface area contributed by atoms with Crippen molar-refractivity contribution in [2.24, 2.45) is 11.8 Å². The van der Waals surface area contributed by atoms with Crippen molar-refractivity contribution in [2.45, 2.75) is 56.3 Å². The van der Waals surface area contributed by atoms with Crippen LogP contribution in [0.1, 0.15) is 32.3 Å². The zero-order chi connectivity index (χ0) is 27.7.